The molecular weight excluding hydrogens is 484 g/mol. The van der Waals surface area contributed by atoms with Crippen LogP contribution in [0.2, 0.25) is 5.02 Å². The van der Waals surface area contributed by atoms with Crippen LogP contribution in [0.3, 0.4) is 0 Å². The number of thiocarbonyl (C=S) groups is 1. The fraction of sp³-hybridized carbons (Fsp3) is 0.267. The summed E-state index contributed by atoms with van der Waals surface area (Å²) in [5.41, 5.74) is 9.15. The van der Waals surface area contributed by atoms with E-state index in [9.17, 15) is 0 Å². The molecule has 0 bridgehead atoms. The van der Waals surface area contributed by atoms with Gasteiger partial charge in [0, 0.05) is 34.0 Å². The molecule has 6 heteroatoms. The third-order valence-corrected chi connectivity index (χ3v) is 7.69. The minimum atomic E-state index is -0.0853. The number of anilines is 1. The van der Waals surface area contributed by atoms with E-state index in [2.05, 4.69) is 91.9 Å². The Balaban J connectivity index is 1.67. The Morgan fingerprint density at radius 1 is 0.972 bits per heavy atom. The summed E-state index contributed by atoms with van der Waals surface area (Å²) in [6.45, 7) is 10.9. The average molecular weight is 515 g/mol. The third kappa shape index (κ3) is 4.31. The van der Waals surface area contributed by atoms with E-state index in [0.717, 1.165) is 27.8 Å². The molecule has 184 valence electrons. The van der Waals surface area contributed by atoms with Crippen molar-refractivity contribution in [3.63, 3.8) is 0 Å². The lowest BCUT2D eigenvalue weighted by molar-refractivity contribution is 0.565. The Labute approximate surface area is 223 Å². The number of aromatic nitrogens is 2. The topological polar surface area (TPSA) is 33.1 Å². The molecule has 1 aliphatic rings. The first kappa shape index (κ1) is 24.5. The number of rotatable bonds is 5. The average Bonchev–Trinajstić information content (AvgIpc) is 3.36. The van der Waals surface area contributed by atoms with Crippen LogP contribution in [0.15, 0.2) is 72.9 Å². The quantitative estimate of drug-likeness (QED) is 0.276. The van der Waals surface area contributed by atoms with Gasteiger partial charge in [-0.25, -0.2) is 0 Å². The third-order valence-electron chi connectivity index (χ3n) is 7.14. The fourth-order valence-corrected chi connectivity index (χ4v) is 5.76. The molecule has 0 radical (unpaired) electrons. The molecule has 0 amide bonds. The maximum Gasteiger partial charge on any atom is 0.174 e. The first-order valence-electron chi connectivity index (χ1n) is 12.3. The Morgan fingerprint density at radius 3 is 2.39 bits per heavy atom. The predicted molar refractivity (Wildman–Crippen MR) is 153 cm³/mol. The van der Waals surface area contributed by atoms with E-state index >= 15 is 0 Å². The van der Waals surface area contributed by atoms with E-state index in [-0.39, 0.29) is 12.1 Å². The molecule has 2 aromatic carbocycles. The zero-order valence-corrected chi connectivity index (χ0v) is 22.9. The maximum atomic E-state index is 6.41. The van der Waals surface area contributed by atoms with Crippen molar-refractivity contribution in [2.75, 3.05) is 4.90 Å². The summed E-state index contributed by atoms with van der Waals surface area (Å²) in [6.07, 6.45) is 1.84. The van der Waals surface area contributed by atoms with E-state index in [1.165, 1.54) is 22.4 Å². The standard InChI is InChI=1S/C30H31ClN4S/c1-18(2)22-10-13-24(14-11-22)35-29(28(33-30(35)36)26-8-6-7-15-32-26)25-16-20(4)34(21(25)5)27-17-23(31)12-9-19(27)3/h6-18,28-29H,1-5H3,(H,33,36)/t28-,29-/m1/s1. The van der Waals surface area contributed by atoms with Gasteiger partial charge in [-0.05, 0) is 98.1 Å². The molecule has 0 unspecified atom stereocenters. The molecule has 36 heavy (non-hydrogen) atoms. The smallest absolute Gasteiger partial charge is 0.174 e. The lowest BCUT2D eigenvalue weighted by Gasteiger charge is -2.28. The molecule has 2 aromatic heterocycles. The number of halogens is 1. The van der Waals surface area contributed by atoms with Crippen LogP contribution in [-0.4, -0.2) is 14.7 Å². The second-order valence-corrected chi connectivity index (χ2v) is 10.7. The minimum absolute atomic E-state index is 0.0586. The van der Waals surface area contributed by atoms with Gasteiger partial charge in [0.1, 0.15) is 0 Å². The lowest BCUT2D eigenvalue weighted by atomic mass is 9.96. The highest BCUT2D eigenvalue weighted by molar-refractivity contribution is 7.80. The number of hydrogen-bond acceptors (Lipinski definition) is 2. The maximum absolute atomic E-state index is 6.41. The van der Waals surface area contributed by atoms with Gasteiger partial charge in [0.2, 0.25) is 0 Å². The van der Waals surface area contributed by atoms with Gasteiger partial charge in [-0.1, -0.05) is 49.7 Å². The number of nitrogens with zero attached hydrogens (tertiary/aromatic N) is 3. The summed E-state index contributed by atoms with van der Waals surface area (Å²) in [4.78, 5) is 6.95. The largest absolute Gasteiger partial charge is 0.351 e. The Bertz CT molecular complexity index is 1410. The van der Waals surface area contributed by atoms with Crippen LogP contribution >= 0.6 is 23.8 Å². The first-order valence-corrected chi connectivity index (χ1v) is 13.1. The molecule has 1 aliphatic heterocycles. The minimum Gasteiger partial charge on any atom is -0.351 e. The van der Waals surface area contributed by atoms with Crippen molar-refractivity contribution in [2.45, 2.75) is 52.6 Å². The van der Waals surface area contributed by atoms with Crippen molar-refractivity contribution in [1.82, 2.24) is 14.9 Å². The lowest BCUT2D eigenvalue weighted by Crippen LogP contribution is -2.29. The number of hydrogen-bond donors (Lipinski definition) is 1. The Kier molecular flexibility index (Phi) is 6.62. The molecule has 3 heterocycles. The highest BCUT2D eigenvalue weighted by Crippen LogP contribution is 2.44. The molecule has 4 nitrogen and oxygen atoms in total. The fourth-order valence-electron chi connectivity index (χ4n) is 5.25. The number of benzene rings is 2. The summed E-state index contributed by atoms with van der Waals surface area (Å²) in [7, 11) is 0. The number of pyridine rings is 1. The molecule has 0 aliphatic carbocycles. The molecule has 5 rings (SSSR count). The van der Waals surface area contributed by atoms with Crippen LogP contribution in [-0.2, 0) is 0 Å². The molecule has 1 N–H and O–H groups in total. The molecule has 1 fully saturated rings. The summed E-state index contributed by atoms with van der Waals surface area (Å²) < 4.78 is 2.30. The van der Waals surface area contributed by atoms with Crippen LogP contribution in [0.1, 0.15) is 65.6 Å². The Morgan fingerprint density at radius 2 is 1.72 bits per heavy atom. The van der Waals surface area contributed by atoms with Gasteiger partial charge in [0.05, 0.1) is 17.8 Å². The van der Waals surface area contributed by atoms with Gasteiger partial charge in [0.15, 0.2) is 5.11 Å². The van der Waals surface area contributed by atoms with Crippen LogP contribution < -0.4 is 10.2 Å². The molecule has 0 saturated carbocycles. The molecule has 1 saturated heterocycles. The summed E-state index contributed by atoms with van der Waals surface area (Å²) in [5, 5.41) is 5.02. The van der Waals surface area contributed by atoms with Gasteiger partial charge >= 0.3 is 0 Å². The van der Waals surface area contributed by atoms with Gasteiger partial charge in [-0.3, -0.25) is 4.98 Å². The van der Waals surface area contributed by atoms with Crippen LogP contribution in [0.4, 0.5) is 5.69 Å². The van der Waals surface area contributed by atoms with Crippen molar-refractivity contribution < 1.29 is 0 Å². The van der Waals surface area contributed by atoms with Gasteiger partial charge < -0.3 is 14.8 Å². The van der Waals surface area contributed by atoms with Gasteiger partial charge in [0.25, 0.3) is 0 Å². The van der Waals surface area contributed by atoms with Gasteiger partial charge in [-0.2, -0.15) is 0 Å². The summed E-state index contributed by atoms with van der Waals surface area (Å²) >= 11 is 12.3. The highest BCUT2D eigenvalue weighted by Gasteiger charge is 2.42. The van der Waals surface area contributed by atoms with E-state index in [1.54, 1.807) is 0 Å². The normalized spacial score (nSPS) is 17.6. The summed E-state index contributed by atoms with van der Waals surface area (Å²) in [5.74, 6) is 0.472. The van der Waals surface area contributed by atoms with Crippen molar-refractivity contribution in [3.8, 4) is 5.69 Å². The van der Waals surface area contributed by atoms with Crippen molar-refractivity contribution in [1.29, 1.82) is 0 Å². The van der Waals surface area contributed by atoms with E-state index in [4.69, 9.17) is 28.8 Å². The SMILES string of the molecule is Cc1ccc(Cl)cc1-n1c(C)cc([C@@H]2[C@@H](c3ccccn3)NC(=S)N2c2ccc(C(C)C)cc2)c1C. The molecule has 0 spiro atoms. The van der Waals surface area contributed by atoms with Crippen molar-refractivity contribution in [2.24, 2.45) is 0 Å². The second-order valence-electron chi connectivity index (χ2n) is 9.84. The molecule has 2 atom stereocenters. The summed E-state index contributed by atoms with van der Waals surface area (Å²) in [6, 6.07) is 23.0. The van der Waals surface area contributed by atoms with Crippen molar-refractivity contribution in [3.05, 3.63) is 112 Å². The van der Waals surface area contributed by atoms with Crippen LogP contribution in [0.5, 0.6) is 0 Å². The number of aryl methyl sites for hydroxylation is 2. The highest BCUT2D eigenvalue weighted by atomic mass is 35.5. The second kappa shape index (κ2) is 9.72. The number of nitrogens with one attached hydrogen (secondary N) is 1. The van der Waals surface area contributed by atoms with E-state index < -0.39 is 0 Å². The molecular formula is C30H31ClN4S. The van der Waals surface area contributed by atoms with Crippen LogP contribution in [0, 0.1) is 20.8 Å². The van der Waals surface area contributed by atoms with E-state index in [1.807, 2.05) is 30.5 Å². The monoisotopic (exact) mass is 514 g/mol. The zero-order valence-electron chi connectivity index (χ0n) is 21.3. The van der Waals surface area contributed by atoms with E-state index in [0.29, 0.717) is 11.0 Å². The predicted octanol–water partition coefficient (Wildman–Crippen LogP) is 7.75. The molecule has 4 aromatic rings. The van der Waals surface area contributed by atoms with Crippen molar-refractivity contribution >= 4 is 34.6 Å². The first-order chi connectivity index (χ1) is 17.3. The zero-order chi connectivity index (χ0) is 25.6. The van der Waals surface area contributed by atoms with Crippen LogP contribution in [0.25, 0.3) is 5.69 Å². The van der Waals surface area contributed by atoms with Gasteiger partial charge in [-0.15, -0.1) is 0 Å². The Hall–Kier alpha value is -3.15.